The number of amides is 1. The molecule has 0 saturated carbocycles. The number of rotatable bonds is 2. The minimum atomic E-state index is -0.557. The number of pyridine rings is 1. The molecule has 0 bridgehead atoms. The number of hydrogen-bond donors (Lipinski definition) is 0. The number of carbonyl (C=O) groups is 2. The lowest BCUT2D eigenvalue weighted by molar-refractivity contribution is 0.0306. The Morgan fingerprint density at radius 3 is 2.65 bits per heavy atom. The molecule has 23 heavy (non-hydrogen) atoms. The van der Waals surface area contributed by atoms with Crippen molar-refractivity contribution in [3.05, 3.63) is 34.6 Å². The van der Waals surface area contributed by atoms with Crippen molar-refractivity contribution in [1.82, 2.24) is 9.88 Å². The van der Waals surface area contributed by atoms with Crippen LogP contribution in [0.2, 0.25) is 5.15 Å². The van der Waals surface area contributed by atoms with E-state index in [4.69, 9.17) is 21.1 Å². The van der Waals surface area contributed by atoms with Crippen molar-refractivity contribution in [3.8, 4) is 0 Å². The summed E-state index contributed by atoms with van der Waals surface area (Å²) in [6, 6.07) is 1.46. The highest BCUT2D eigenvalue weighted by atomic mass is 35.5. The van der Waals surface area contributed by atoms with Crippen molar-refractivity contribution in [2.24, 2.45) is 0 Å². The van der Waals surface area contributed by atoms with Gasteiger partial charge >= 0.3 is 12.1 Å². The second-order valence-electron chi connectivity index (χ2n) is 6.13. The van der Waals surface area contributed by atoms with Crippen LogP contribution in [0.5, 0.6) is 0 Å². The highest BCUT2D eigenvalue weighted by Gasteiger charge is 2.27. The van der Waals surface area contributed by atoms with Gasteiger partial charge < -0.3 is 14.4 Å². The molecule has 1 aromatic rings. The number of carbonyl (C=O) groups excluding carboxylic acids is 2. The van der Waals surface area contributed by atoms with E-state index in [1.54, 1.807) is 4.90 Å². The van der Waals surface area contributed by atoms with Crippen molar-refractivity contribution >= 4 is 29.2 Å². The minimum Gasteiger partial charge on any atom is -0.465 e. The van der Waals surface area contributed by atoms with Crippen LogP contribution in [0, 0.1) is 0 Å². The molecule has 0 saturated heterocycles. The third kappa shape index (κ3) is 4.22. The van der Waals surface area contributed by atoms with E-state index < -0.39 is 17.7 Å². The van der Waals surface area contributed by atoms with E-state index in [1.165, 1.54) is 19.4 Å². The van der Waals surface area contributed by atoms with Gasteiger partial charge in [-0.1, -0.05) is 17.7 Å². The largest absolute Gasteiger partial charge is 0.465 e. The SMILES string of the molecule is COC(=O)c1cc(Cl)ncc1C1=CCN(C(=O)OC(C)(C)C)C1. The van der Waals surface area contributed by atoms with Crippen LogP contribution >= 0.6 is 11.6 Å². The maximum atomic E-state index is 12.1. The molecule has 1 aliphatic rings. The van der Waals surface area contributed by atoms with Crippen molar-refractivity contribution < 1.29 is 19.1 Å². The highest BCUT2D eigenvalue weighted by Crippen LogP contribution is 2.27. The number of aromatic nitrogens is 1. The van der Waals surface area contributed by atoms with Crippen molar-refractivity contribution in [1.29, 1.82) is 0 Å². The van der Waals surface area contributed by atoms with Crippen LogP contribution in [-0.4, -0.2) is 47.7 Å². The maximum absolute atomic E-state index is 12.1. The Bertz CT molecular complexity index is 665. The van der Waals surface area contributed by atoms with Crippen LogP contribution in [0.4, 0.5) is 4.79 Å². The van der Waals surface area contributed by atoms with E-state index in [0.29, 0.717) is 24.2 Å². The standard InChI is InChI=1S/C16H19ClN2O4/c1-16(2,3)23-15(21)19-6-5-10(9-19)12-8-18-13(17)7-11(12)14(20)22-4/h5,7-8H,6,9H2,1-4H3. The molecule has 0 atom stereocenters. The summed E-state index contributed by atoms with van der Waals surface area (Å²) in [4.78, 5) is 29.6. The van der Waals surface area contributed by atoms with E-state index in [2.05, 4.69) is 4.98 Å². The third-order valence-electron chi connectivity index (χ3n) is 3.19. The second-order valence-corrected chi connectivity index (χ2v) is 6.52. The fraction of sp³-hybridized carbons (Fsp3) is 0.438. The average Bonchev–Trinajstić information content (AvgIpc) is 2.94. The predicted octanol–water partition coefficient (Wildman–Crippen LogP) is 3.16. The Morgan fingerprint density at radius 2 is 2.04 bits per heavy atom. The maximum Gasteiger partial charge on any atom is 0.410 e. The topological polar surface area (TPSA) is 68.7 Å². The smallest absolute Gasteiger partial charge is 0.410 e. The first-order valence-corrected chi connectivity index (χ1v) is 7.50. The molecular weight excluding hydrogens is 320 g/mol. The zero-order valence-electron chi connectivity index (χ0n) is 13.6. The molecule has 6 nitrogen and oxygen atoms in total. The fourth-order valence-electron chi connectivity index (χ4n) is 2.18. The third-order valence-corrected chi connectivity index (χ3v) is 3.40. The van der Waals surface area contributed by atoms with Gasteiger partial charge in [-0.05, 0) is 32.4 Å². The molecule has 0 unspecified atom stereocenters. The molecule has 2 heterocycles. The van der Waals surface area contributed by atoms with Crippen LogP contribution < -0.4 is 0 Å². The monoisotopic (exact) mass is 338 g/mol. The summed E-state index contributed by atoms with van der Waals surface area (Å²) in [5.41, 5.74) is 1.18. The summed E-state index contributed by atoms with van der Waals surface area (Å²) in [7, 11) is 1.30. The van der Waals surface area contributed by atoms with Gasteiger partial charge in [0, 0.05) is 24.8 Å². The molecule has 0 N–H and O–H groups in total. The summed E-state index contributed by atoms with van der Waals surface area (Å²) in [5, 5.41) is 0.205. The van der Waals surface area contributed by atoms with E-state index in [1.807, 2.05) is 26.8 Å². The molecule has 124 valence electrons. The first kappa shape index (κ1) is 17.3. The van der Waals surface area contributed by atoms with Gasteiger partial charge in [-0.25, -0.2) is 14.6 Å². The molecule has 1 amide bonds. The molecule has 1 aliphatic heterocycles. The van der Waals surface area contributed by atoms with Gasteiger partial charge in [-0.3, -0.25) is 0 Å². The van der Waals surface area contributed by atoms with Gasteiger partial charge in [-0.2, -0.15) is 0 Å². The van der Waals surface area contributed by atoms with Gasteiger partial charge in [-0.15, -0.1) is 0 Å². The Labute approximate surface area is 140 Å². The van der Waals surface area contributed by atoms with Crippen LogP contribution in [0.25, 0.3) is 5.57 Å². The molecule has 0 spiro atoms. The fourth-order valence-corrected chi connectivity index (χ4v) is 2.34. The zero-order chi connectivity index (χ0) is 17.2. The van der Waals surface area contributed by atoms with Crippen LogP contribution in [-0.2, 0) is 9.47 Å². The van der Waals surface area contributed by atoms with E-state index in [-0.39, 0.29) is 5.15 Å². The van der Waals surface area contributed by atoms with Crippen LogP contribution in [0.3, 0.4) is 0 Å². The zero-order valence-corrected chi connectivity index (χ0v) is 14.3. The molecule has 1 aromatic heterocycles. The lowest BCUT2D eigenvalue weighted by Gasteiger charge is -2.24. The van der Waals surface area contributed by atoms with Gasteiger partial charge in [0.15, 0.2) is 0 Å². The van der Waals surface area contributed by atoms with E-state index in [0.717, 1.165) is 5.57 Å². The number of halogens is 1. The molecule has 0 fully saturated rings. The molecular formula is C16H19ClN2O4. The van der Waals surface area contributed by atoms with Crippen molar-refractivity contribution in [3.63, 3.8) is 0 Å². The average molecular weight is 339 g/mol. The lowest BCUT2D eigenvalue weighted by Crippen LogP contribution is -2.35. The van der Waals surface area contributed by atoms with Gasteiger partial charge in [0.2, 0.25) is 0 Å². The molecule has 0 aliphatic carbocycles. The van der Waals surface area contributed by atoms with Crippen molar-refractivity contribution in [2.75, 3.05) is 20.2 Å². The minimum absolute atomic E-state index is 0.205. The van der Waals surface area contributed by atoms with Gasteiger partial charge in [0.05, 0.1) is 12.7 Å². The van der Waals surface area contributed by atoms with E-state index >= 15 is 0 Å². The Balaban J connectivity index is 2.19. The summed E-state index contributed by atoms with van der Waals surface area (Å²) in [5.74, 6) is -0.499. The summed E-state index contributed by atoms with van der Waals surface area (Å²) in [6.07, 6.45) is 2.98. The summed E-state index contributed by atoms with van der Waals surface area (Å²) >= 11 is 5.85. The number of esters is 1. The Hall–Kier alpha value is -2.08. The predicted molar refractivity (Wildman–Crippen MR) is 86.4 cm³/mol. The number of nitrogens with zero attached hydrogens (tertiary/aromatic N) is 2. The normalized spacial score (nSPS) is 14.5. The highest BCUT2D eigenvalue weighted by molar-refractivity contribution is 6.29. The number of ether oxygens (including phenoxy) is 2. The number of methoxy groups -OCH3 is 1. The summed E-state index contributed by atoms with van der Waals surface area (Å²) in [6.45, 7) is 6.19. The molecule has 0 aromatic carbocycles. The first-order valence-electron chi connectivity index (χ1n) is 7.12. The van der Waals surface area contributed by atoms with Crippen LogP contribution in [0.15, 0.2) is 18.3 Å². The van der Waals surface area contributed by atoms with Crippen molar-refractivity contribution in [2.45, 2.75) is 26.4 Å². The molecule has 0 radical (unpaired) electrons. The lowest BCUT2D eigenvalue weighted by atomic mass is 10.0. The Kier molecular flexibility index (Phi) is 4.94. The Morgan fingerprint density at radius 1 is 1.35 bits per heavy atom. The van der Waals surface area contributed by atoms with Gasteiger partial charge in [0.25, 0.3) is 0 Å². The van der Waals surface area contributed by atoms with Gasteiger partial charge in [0.1, 0.15) is 10.8 Å². The summed E-state index contributed by atoms with van der Waals surface area (Å²) < 4.78 is 10.1. The number of hydrogen-bond acceptors (Lipinski definition) is 5. The molecule has 7 heteroatoms. The molecule has 2 rings (SSSR count). The second kappa shape index (κ2) is 6.58. The first-order chi connectivity index (χ1) is 10.7. The van der Waals surface area contributed by atoms with E-state index in [9.17, 15) is 9.59 Å². The quantitative estimate of drug-likeness (QED) is 0.612. The van der Waals surface area contributed by atoms with Crippen LogP contribution in [0.1, 0.15) is 36.7 Å².